The molecule has 0 saturated heterocycles. The highest BCUT2D eigenvalue weighted by Crippen LogP contribution is 2.53. The molecule has 0 amide bonds. The molecule has 0 spiro atoms. The first kappa shape index (κ1) is 24.0. The third-order valence-corrected chi connectivity index (χ3v) is 6.85. The normalized spacial score (nSPS) is 19.5. The minimum absolute atomic E-state index is 0.00393. The van der Waals surface area contributed by atoms with Crippen LogP contribution in [-0.2, 0) is 0 Å². The van der Waals surface area contributed by atoms with Crippen molar-refractivity contribution in [3.05, 3.63) is 114 Å². The summed E-state index contributed by atoms with van der Waals surface area (Å²) in [4.78, 5) is 0. The number of hydrogen-bond donors (Lipinski definition) is 0. The van der Waals surface area contributed by atoms with Gasteiger partial charge in [0.05, 0.1) is 12.1 Å². The summed E-state index contributed by atoms with van der Waals surface area (Å²) in [5.74, 6) is 0.155. The van der Waals surface area contributed by atoms with E-state index in [2.05, 4.69) is 87.7 Å². The van der Waals surface area contributed by atoms with Crippen molar-refractivity contribution in [2.45, 2.75) is 39.0 Å². The summed E-state index contributed by atoms with van der Waals surface area (Å²) in [7, 11) is 0. The minimum Gasteiger partial charge on any atom is -0.196 e. The smallest absolute Gasteiger partial charge is 0.168 e. The molecule has 0 bridgehead atoms. The summed E-state index contributed by atoms with van der Waals surface area (Å²) in [6.07, 6.45) is 8.26. The first-order valence-electron chi connectivity index (χ1n) is 11.5. The van der Waals surface area contributed by atoms with E-state index in [0.29, 0.717) is 6.42 Å². The average molecular weight is 433 g/mol. The molecule has 3 atom stereocenters. The predicted molar refractivity (Wildman–Crippen MR) is 137 cm³/mol. The lowest BCUT2D eigenvalue weighted by atomic mass is 9.58. The summed E-state index contributed by atoms with van der Waals surface area (Å²) in [6, 6.07) is 25.5. The van der Waals surface area contributed by atoms with Gasteiger partial charge < -0.3 is 0 Å². The van der Waals surface area contributed by atoms with E-state index < -0.39 is 5.41 Å². The fourth-order valence-electron chi connectivity index (χ4n) is 5.26. The zero-order chi connectivity index (χ0) is 23.8. The molecule has 2 aromatic rings. The molecule has 3 rings (SSSR count). The fraction of sp³-hybridized carbons (Fsp3) is 0.290. The Morgan fingerprint density at radius 2 is 1.70 bits per heavy atom. The number of benzene rings is 2. The van der Waals surface area contributed by atoms with Gasteiger partial charge >= 0.3 is 0 Å². The van der Waals surface area contributed by atoms with Crippen LogP contribution in [0.4, 0.5) is 0 Å². The zero-order valence-corrected chi connectivity index (χ0v) is 19.7. The van der Waals surface area contributed by atoms with Crippen LogP contribution in [0.15, 0.2) is 103 Å². The van der Waals surface area contributed by atoms with Crippen LogP contribution in [0.3, 0.4) is 0 Å². The number of rotatable bonds is 8. The van der Waals surface area contributed by atoms with E-state index >= 15 is 0 Å². The molecule has 166 valence electrons. The van der Waals surface area contributed by atoms with Gasteiger partial charge in [0.2, 0.25) is 0 Å². The van der Waals surface area contributed by atoms with Crippen LogP contribution in [0.5, 0.6) is 0 Å². The second kappa shape index (κ2) is 10.8. The number of hydrogen-bond acceptors (Lipinski definition) is 2. The Labute approximate surface area is 198 Å². The quantitative estimate of drug-likeness (QED) is 0.397. The minimum atomic E-state index is -1.22. The summed E-state index contributed by atoms with van der Waals surface area (Å²) in [5.41, 5.74) is 4.29. The Morgan fingerprint density at radius 3 is 2.24 bits per heavy atom. The van der Waals surface area contributed by atoms with Gasteiger partial charge in [-0.15, -0.1) is 6.58 Å². The highest BCUT2D eigenvalue weighted by atomic mass is 14.5. The van der Waals surface area contributed by atoms with Crippen LogP contribution in [0.1, 0.15) is 50.2 Å². The van der Waals surface area contributed by atoms with E-state index in [9.17, 15) is 10.5 Å². The van der Waals surface area contributed by atoms with Gasteiger partial charge in [0.15, 0.2) is 5.41 Å². The fourth-order valence-corrected chi connectivity index (χ4v) is 5.26. The molecule has 2 nitrogen and oxygen atoms in total. The first-order chi connectivity index (χ1) is 16.0. The van der Waals surface area contributed by atoms with Crippen LogP contribution >= 0.6 is 0 Å². The largest absolute Gasteiger partial charge is 0.196 e. The first-order valence-corrected chi connectivity index (χ1v) is 11.5. The average Bonchev–Trinajstić information content (AvgIpc) is 2.84. The van der Waals surface area contributed by atoms with E-state index in [1.807, 2.05) is 24.3 Å². The molecule has 1 aliphatic rings. The third-order valence-electron chi connectivity index (χ3n) is 6.85. The molecule has 0 radical (unpaired) electrons. The van der Waals surface area contributed by atoms with Crippen LogP contribution in [0.2, 0.25) is 0 Å². The highest BCUT2D eigenvalue weighted by Gasteiger charge is 2.46. The molecule has 1 aliphatic carbocycles. The van der Waals surface area contributed by atoms with E-state index in [1.54, 1.807) is 6.08 Å². The lowest BCUT2D eigenvalue weighted by molar-refractivity contribution is 0.314. The second-order valence-corrected chi connectivity index (χ2v) is 9.04. The molecule has 0 aromatic heterocycles. The van der Waals surface area contributed by atoms with Crippen LogP contribution in [0, 0.1) is 39.9 Å². The van der Waals surface area contributed by atoms with Gasteiger partial charge in [-0.3, -0.25) is 0 Å². The van der Waals surface area contributed by atoms with E-state index in [-0.39, 0.29) is 17.8 Å². The summed E-state index contributed by atoms with van der Waals surface area (Å²) >= 11 is 0. The van der Waals surface area contributed by atoms with Crippen molar-refractivity contribution in [1.29, 1.82) is 10.5 Å². The van der Waals surface area contributed by atoms with Gasteiger partial charge in [0, 0.05) is 12.3 Å². The Hall–Kier alpha value is -3.62. The van der Waals surface area contributed by atoms with Crippen molar-refractivity contribution < 1.29 is 0 Å². The van der Waals surface area contributed by atoms with Crippen LogP contribution in [0.25, 0.3) is 6.08 Å². The SMILES string of the molecule is C=CCC(C#N)(C#N)C1=C(C)CC[C@H](C(=C)C)C1C(/C=C/c1ccccc1)c1ccccc1. The molecule has 0 aliphatic heterocycles. The molecule has 0 heterocycles. The molecule has 2 aromatic carbocycles. The van der Waals surface area contributed by atoms with Crippen LogP contribution in [-0.4, -0.2) is 0 Å². The maximum Gasteiger partial charge on any atom is 0.168 e. The summed E-state index contributed by atoms with van der Waals surface area (Å²) in [6.45, 7) is 12.4. The lowest BCUT2D eigenvalue weighted by Crippen LogP contribution is -2.36. The number of nitrogens with zero attached hydrogens (tertiary/aromatic N) is 2. The third kappa shape index (κ3) is 5.08. The molecule has 0 N–H and O–H groups in total. The van der Waals surface area contributed by atoms with Gasteiger partial charge in [-0.2, -0.15) is 10.5 Å². The van der Waals surface area contributed by atoms with Crippen molar-refractivity contribution in [3.8, 4) is 12.1 Å². The van der Waals surface area contributed by atoms with Gasteiger partial charge in [0.25, 0.3) is 0 Å². The van der Waals surface area contributed by atoms with Crippen molar-refractivity contribution in [2.24, 2.45) is 17.3 Å². The highest BCUT2D eigenvalue weighted by molar-refractivity contribution is 5.53. The molecule has 0 saturated carbocycles. The van der Waals surface area contributed by atoms with Gasteiger partial charge in [0.1, 0.15) is 0 Å². The monoisotopic (exact) mass is 432 g/mol. The van der Waals surface area contributed by atoms with Crippen molar-refractivity contribution in [1.82, 2.24) is 0 Å². The lowest BCUT2D eigenvalue weighted by Gasteiger charge is -2.43. The van der Waals surface area contributed by atoms with Gasteiger partial charge in [-0.25, -0.2) is 0 Å². The van der Waals surface area contributed by atoms with Crippen molar-refractivity contribution in [3.63, 3.8) is 0 Å². The second-order valence-electron chi connectivity index (χ2n) is 9.04. The van der Waals surface area contributed by atoms with E-state index in [0.717, 1.165) is 35.1 Å². The zero-order valence-electron chi connectivity index (χ0n) is 19.7. The maximum atomic E-state index is 10.3. The summed E-state index contributed by atoms with van der Waals surface area (Å²) in [5, 5.41) is 20.6. The maximum absolute atomic E-state index is 10.3. The Kier molecular flexibility index (Phi) is 7.87. The number of allylic oxidation sites excluding steroid dienone is 5. The van der Waals surface area contributed by atoms with Gasteiger partial charge in [-0.1, -0.05) is 96.6 Å². The molecular formula is C31H32N2. The molecule has 2 unspecified atom stereocenters. The molecule has 2 heteroatoms. The van der Waals surface area contributed by atoms with Crippen molar-refractivity contribution >= 4 is 6.08 Å². The molecule has 33 heavy (non-hydrogen) atoms. The summed E-state index contributed by atoms with van der Waals surface area (Å²) < 4.78 is 0. The van der Waals surface area contributed by atoms with E-state index in [4.69, 9.17) is 0 Å². The van der Waals surface area contributed by atoms with Crippen LogP contribution < -0.4 is 0 Å². The Bertz CT molecular complexity index is 1110. The predicted octanol–water partition coefficient (Wildman–Crippen LogP) is 8.01. The molecular weight excluding hydrogens is 400 g/mol. The Morgan fingerprint density at radius 1 is 1.09 bits per heavy atom. The standard InChI is InChI=1S/C31H32N2/c1-5-20-31(21-32,22-33)30-24(4)16-18-27(23(2)3)29(30)28(26-14-10-7-11-15-26)19-17-25-12-8-6-9-13-25/h5-15,17,19,27-29H,1-2,16,18,20H2,3-4H3/b19-17+/t27-,28?,29?/m1/s1. The Balaban J connectivity index is 2.26. The van der Waals surface area contributed by atoms with E-state index in [1.165, 1.54) is 5.56 Å². The van der Waals surface area contributed by atoms with Gasteiger partial charge in [-0.05, 0) is 55.2 Å². The topological polar surface area (TPSA) is 47.6 Å². The van der Waals surface area contributed by atoms with Crippen molar-refractivity contribution in [2.75, 3.05) is 0 Å². The molecule has 0 fully saturated rings. The number of nitriles is 2.